The quantitative estimate of drug-likeness (QED) is 0.715. The van der Waals surface area contributed by atoms with Crippen LogP contribution >= 0.6 is 11.3 Å². The summed E-state index contributed by atoms with van der Waals surface area (Å²) in [6.45, 7) is 8.48. The number of carbonyl (C=O) groups is 2. The monoisotopic (exact) mass is 377 g/mol. The van der Waals surface area contributed by atoms with Gasteiger partial charge in [-0.1, -0.05) is 0 Å². The van der Waals surface area contributed by atoms with Crippen molar-refractivity contribution in [3.05, 3.63) is 21.9 Å². The van der Waals surface area contributed by atoms with E-state index in [0.717, 1.165) is 57.1 Å². The molecule has 2 aliphatic rings. The van der Waals surface area contributed by atoms with Crippen molar-refractivity contribution in [3.63, 3.8) is 0 Å². The number of amides is 1. The Balaban J connectivity index is 1.43. The van der Waals surface area contributed by atoms with Crippen LogP contribution in [0.4, 0.5) is 0 Å². The van der Waals surface area contributed by atoms with Gasteiger partial charge in [0.25, 0.3) is 0 Å². The molecule has 2 aliphatic heterocycles. The lowest BCUT2D eigenvalue weighted by Crippen LogP contribution is -2.47. The molecular weight excluding hydrogens is 346 g/mol. The molecule has 1 aromatic rings. The lowest BCUT2D eigenvalue weighted by atomic mass is 9.93. The second-order valence-electron chi connectivity index (χ2n) is 7.84. The van der Waals surface area contributed by atoms with Gasteiger partial charge >= 0.3 is 0 Å². The summed E-state index contributed by atoms with van der Waals surface area (Å²) in [5, 5.41) is 2.11. The van der Waals surface area contributed by atoms with Gasteiger partial charge in [0.15, 0.2) is 5.78 Å². The highest BCUT2D eigenvalue weighted by atomic mass is 32.1. The van der Waals surface area contributed by atoms with Gasteiger partial charge in [0, 0.05) is 45.7 Å². The van der Waals surface area contributed by atoms with Gasteiger partial charge in [-0.15, -0.1) is 11.3 Å². The van der Waals surface area contributed by atoms with Gasteiger partial charge in [0.05, 0.1) is 4.88 Å². The first-order valence-corrected chi connectivity index (χ1v) is 10.7. The second-order valence-corrected chi connectivity index (χ2v) is 8.75. The van der Waals surface area contributed by atoms with Gasteiger partial charge in [-0.3, -0.25) is 14.5 Å². The van der Waals surface area contributed by atoms with Crippen molar-refractivity contribution in [1.29, 1.82) is 0 Å². The number of rotatable bonds is 6. The maximum atomic E-state index is 12.4. The van der Waals surface area contributed by atoms with Gasteiger partial charge in [0.2, 0.25) is 5.91 Å². The first-order chi connectivity index (χ1) is 12.5. The van der Waals surface area contributed by atoms with Crippen molar-refractivity contribution in [2.45, 2.75) is 39.2 Å². The zero-order valence-corrected chi connectivity index (χ0v) is 16.9. The molecule has 5 nitrogen and oxygen atoms in total. The van der Waals surface area contributed by atoms with E-state index in [1.54, 1.807) is 18.3 Å². The first-order valence-electron chi connectivity index (χ1n) is 9.78. The number of likely N-dealkylation sites (tertiary alicyclic amines) is 1. The Kier molecular flexibility index (Phi) is 6.84. The average Bonchev–Trinajstić information content (AvgIpc) is 3.09. The Morgan fingerprint density at radius 3 is 2.65 bits per heavy atom. The Labute approximate surface area is 161 Å². The van der Waals surface area contributed by atoms with Crippen molar-refractivity contribution >= 4 is 23.0 Å². The molecule has 26 heavy (non-hydrogen) atoms. The average molecular weight is 378 g/mol. The van der Waals surface area contributed by atoms with Crippen LogP contribution in [0.3, 0.4) is 0 Å². The Morgan fingerprint density at radius 2 is 1.96 bits per heavy atom. The van der Waals surface area contributed by atoms with E-state index in [2.05, 4.69) is 22.2 Å². The van der Waals surface area contributed by atoms with Gasteiger partial charge in [-0.2, -0.15) is 0 Å². The fourth-order valence-electron chi connectivity index (χ4n) is 3.97. The molecule has 1 aromatic heterocycles. The molecule has 144 valence electrons. The molecule has 1 atom stereocenters. The molecule has 0 unspecified atom stereocenters. The zero-order chi connectivity index (χ0) is 18.5. The van der Waals surface area contributed by atoms with Crippen LogP contribution < -0.4 is 0 Å². The summed E-state index contributed by atoms with van der Waals surface area (Å²) < 4.78 is 0. The van der Waals surface area contributed by atoms with Crippen LogP contribution in [-0.2, 0) is 11.3 Å². The molecule has 0 N–H and O–H groups in total. The predicted octanol–water partition coefficient (Wildman–Crippen LogP) is 2.72. The van der Waals surface area contributed by atoms with Crippen LogP contribution in [0.1, 0.15) is 47.8 Å². The number of ketones is 1. The number of thiophene rings is 1. The van der Waals surface area contributed by atoms with Gasteiger partial charge < -0.3 is 9.80 Å². The number of carbonyl (C=O) groups excluding carboxylic acids is 2. The van der Waals surface area contributed by atoms with Crippen molar-refractivity contribution in [2.24, 2.45) is 5.92 Å². The van der Waals surface area contributed by atoms with Crippen LogP contribution in [0, 0.1) is 5.92 Å². The highest BCUT2D eigenvalue weighted by molar-refractivity contribution is 7.12. The third kappa shape index (κ3) is 5.38. The fraction of sp³-hybridized carbons (Fsp3) is 0.700. The summed E-state index contributed by atoms with van der Waals surface area (Å²) >= 11 is 1.55. The molecular formula is C20H31N3O2S. The number of Topliss-reactive ketones (excluding diaryl/α,β-unsaturated/α-hetero) is 1. The third-order valence-electron chi connectivity index (χ3n) is 5.63. The number of hydrogen-bond acceptors (Lipinski definition) is 5. The molecule has 6 heteroatoms. The maximum Gasteiger partial charge on any atom is 0.222 e. The molecule has 2 saturated heterocycles. The van der Waals surface area contributed by atoms with E-state index in [1.807, 2.05) is 11.0 Å². The summed E-state index contributed by atoms with van der Waals surface area (Å²) in [4.78, 5) is 31.6. The van der Waals surface area contributed by atoms with Crippen molar-refractivity contribution < 1.29 is 9.59 Å². The molecule has 0 spiro atoms. The van der Waals surface area contributed by atoms with Crippen LogP contribution in [-0.4, -0.2) is 72.7 Å². The SMILES string of the molecule is CC(=O)c1cc(CN2CCC[C@@H](CCC(=O)N3CCN(C)CC3)C2)cs1. The molecule has 0 saturated carbocycles. The Bertz CT molecular complexity index is 622. The minimum Gasteiger partial charge on any atom is -0.340 e. The maximum absolute atomic E-state index is 12.4. The van der Waals surface area contributed by atoms with E-state index in [-0.39, 0.29) is 5.78 Å². The topological polar surface area (TPSA) is 43.9 Å². The van der Waals surface area contributed by atoms with Crippen molar-refractivity contribution in [1.82, 2.24) is 14.7 Å². The van der Waals surface area contributed by atoms with E-state index in [1.165, 1.54) is 18.4 Å². The summed E-state index contributed by atoms with van der Waals surface area (Å²) in [5.74, 6) is 1.10. The van der Waals surface area contributed by atoms with Crippen molar-refractivity contribution in [3.8, 4) is 0 Å². The van der Waals surface area contributed by atoms with Crippen LogP contribution in [0.5, 0.6) is 0 Å². The molecule has 0 radical (unpaired) electrons. The van der Waals surface area contributed by atoms with E-state index in [9.17, 15) is 9.59 Å². The molecule has 3 rings (SSSR count). The molecule has 1 amide bonds. The lowest BCUT2D eigenvalue weighted by Gasteiger charge is -2.34. The molecule has 3 heterocycles. The second kappa shape index (κ2) is 9.11. The number of nitrogens with zero attached hydrogens (tertiary/aromatic N) is 3. The van der Waals surface area contributed by atoms with Gasteiger partial charge in [0.1, 0.15) is 0 Å². The van der Waals surface area contributed by atoms with E-state index >= 15 is 0 Å². The van der Waals surface area contributed by atoms with Gasteiger partial charge in [-0.05, 0) is 62.7 Å². The summed E-state index contributed by atoms with van der Waals surface area (Å²) in [5.41, 5.74) is 1.24. The number of piperidine rings is 1. The largest absolute Gasteiger partial charge is 0.340 e. The molecule has 2 fully saturated rings. The summed E-state index contributed by atoms with van der Waals surface area (Å²) in [6, 6.07) is 2.04. The first kappa shape index (κ1) is 19.5. The van der Waals surface area contributed by atoms with E-state index < -0.39 is 0 Å². The number of likely N-dealkylation sites (N-methyl/N-ethyl adjacent to an activating group) is 1. The van der Waals surface area contributed by atoms with Crippen molar-refractivity contribution in [2.75, 3.05) is 46.3 Å². The van der Waals surface area contributed by atoms with E-state index in [4.69, 9.17) is 0 Å². The molecule has 0 bridgehead atoms. The fourth-order valence-corrected chi connectivity index (χ4v) is 4.78. The Morgan fingerprint density at radius 1 is 1.19 bits per heavy atom. The predicted molar refractivity (Wildman–Crippen MR) is 106 cm³/mol. The van der Waals surface area contributed by atoms with Crippen LogP contribution in [0.2, 0.25) is 0 Å². The minimum absolute atomic E-state index is 0.153. The summed E-state index contributed by atoms with van der Waals surface area (Å²) in [7, 11) is 2.12. The van der Waals surface area contributed by atoms with E-state index in [0.29, 0.717) is 18.2 Å². The molecule has 0 aromatic carbocycles. The minimum atomic E-state index is 0.153. The summed E-state index contributed by atoms with van der Waals surface area (Å²) in [6.07, 6.45) is 4.13. The van der Waals surface area contributed by atoms with Crippen LogP contribution in [0.15, 0.2) is 11.4 Å². The van der Waals surface area contributed by atoms with Gasteiger partial charge in [-0.25, -0.2) is 0 Å². The Hall–Kier alpha value is -1.24. The highest BCUT2D eigenvalue weighted by Crippen LogP contribution is 2.24. The molecule has 0 aliphatic carbocycles. The standard InChI is InChI=1S/C20H31N3O2S/c1-16(24)19-12-18(15-26-19)14-22-7-3-4-17(13-22)5-6-20(25)23-10-8-21(2)9-11-23/h12,15,17H,3-11,13-14H2,1-2H3/t17-/m0/s1. The number of hydrogen-bond donors (Lipinski definition) is 0. The smallest absolute Gasteiger partial charge is 0.222 e. The zero-order valence-electron chi connectivity index (χ0n) is 16.1. The normalized spacial score (nSPS) is 22.5. The lowest BCUT2D eigenvalue weighted by molar-refractivity contribution is -0.133. The highest BCUT2D eigenvalue weighted by Gasteiger charge is 2.23. The number of piperazine rings is 1. The third-order valence-corrected chi connectivity index (χ3v) is 6.71. The van der Waals surface area contributed by atoms with Crippen LogP contribution in [0.25, 0.3) is 0 Å².